The van der Waals surface area contributed by atoms with E-state index in [9.17, 15) is 18.0 Å². The highest BCUT2D eigenvalue weighted by Crippen LogP contribution is 2.29. The molecular formula is C21H18N4O5S. The number of nitrogens with one attached hydrogen (secondary N) is 2. The lowest BCUT2D eigenvalue weighted by Crippen LogP contribution is -2.48. The molecule has 0 bridgehead atoms. The van der Waals surface area contributed by atoms with Gasteiger partial charge in [-0.1, -0.05) is 18.2 Å². The van der Waals surface area contributed by atoms with Crippen molar-refractivity contribution >= 4 is 33.5 Å². The number of hydrogen-bond donors (Lipinski definition) is 2. The number of benzene rings is 2. The molecule has 0 saturated carbocycles. The number of nitrogens with zero attached hydrogens (tertiary/aromatic N) is 2. The highest BCUT2D eigenvalue weighted by molar-refractivity contribution is 7.92. The Morgan fingerprint density at radius 3 is 2.42 bits per heavy atom. The minimum Gasteiger partial charge on any atom is -0.445 e. The molecule has 3 aromatic rings. The number of esters is 1. The van der Waals surface area contributed by atoms with E-state index in [1.54, 1.807) is 37.3 Å². The van der Waals surface area contributed by atoms with E-state index in [2.05, 4.69) is 20.0 Å². The van der Waals surface area contributed by atoms with E-state index < -0.39 is 27.5 Å². The highest BCUT2D eigenvalue weighted by Gasteiger charge is 2.42. The summed E-state index contributed by atoms with van der Waals surface area (Å²) in [5, 5.41) is 2.68. The van der Waals surface area contributed by atoms with Crippen LogP contribution in [0.3, 0.4) is 0 Å². The molecule has 2 heterocycles. The molecule has 1 amide bonds. The lowest BCUT2D eigenvalue weighted by molar-refractivity contribution is -0.134. The van der Waals surface area contributed by atoms with Crippen molar-refractivity contribution in [1.82, 2.24) is 9.97 Å². The highest BCUT2D eigenvalue weighted by atomic mass is 32.2. The maximum absolute atomic E-state index is 12.8. The summed E-state index contributed by atoms with van der Waals surface area (Å²) in [7, 11) is -3.89. The molecule has 1 aliphatic heterocycles. The Bertz CT molecular complexity index is 1250. The molecule has 0 fully saturated rings. The summed E-state index contributed by atoms with van der Waals surface area (Å²) in [5.41, 5.74) is 0.142. The largest absolute Gasteiger partial charge is 0.445 e. The Hall–Kier alpha value is -3.79. The topological polar surface area (TPSA) is 127 Å². The molecule has 1 aromatic heterocycles. The van der Waals surface area contributed by atoms with Gasteiger partial charge in [-0.25, -0.2) is 27.9 Å². The molecule has 158 valence electrons. The molecule has 0 spiro atoms. The molecule has 4 rings (SSSR count). The maximum Gasteiger partial charge on any atom is 0.339 e. The molecule has 1 aliphatic rings. The van der Waals surface area contributed by atoms with Gasteiger partial charge in [0.2, 0.25) is 5.95 Å². The molecule has 9 nitrogen and oxygen atoms in total. The molecule has 0 saturated heterocycles. The average molecular weight is 438 g/mol. The SMILES string of the molecule is CC1(C(=O)Nc2ccc(S(=O)(=O)Nc3ncccn3)cc2)Cc2ccccc2C(=O)O1. The van der Waals surface area contributed by atoms with E-state index in [0.29, 0.717) is 11.3 Å². The summed E-state index contributed by atoms with van der Waals surface area (Å²) in [6, 6.07) is 14.1. The van der Waals surface area contributed by atoms with Gasteiger partial charge in [-0.05, 0) is 48.9 Å². The van der Waals surface area contributed by atoms with Crippen LogP contribution in [0.1, 0.15) is 22.8 Å². The Morgan fingerprint density at radius 2 is 1.71 bits per heavy atom. The Balaban J connectivity index is 1.48. The smallest absolute Gasteiger partial charge is 0.339 e. The predicted octanol–water partition coefficient (Wildman–Crippen LogP) is 2.39. The van der Waals surface area contributed by atoms with Gasteiger partial charge in [0, 0.05) is 24.5 Å². The van der Waals surface area contributed by atoms with Crippen molar-refractivity contribution in [2.75, 3.05) is 10.0 Å². The van der Waals surface area contributed by atoms with Crippen molar-refractivity contribution in [2.24, 2.45) is 0 Å². The first kappa shape index (κ1) is 20.5. The number of anilines is 2. The van der Waals surface area contributed by atoms with Gasteiger partial charge in [0.05, 0.1) is 10.5 Å². The van der Waals surface area contributed by atoms with Crippen LogP contribution >= 0.6 is 0 Å². The molecule has 10 heteroatoms. The lowest BCUT2D eigenvalue weighted by atomic mass is 9.89. The zero-order chi connectivity index (χ0) is 22.1. The molecule has 2 aromatic carbocycles. The number of fused-ring (bicyclic) bond motifs is 1. The quantitative estimate of drug-likeness (QED) is 0.586. The van der Waals surface area contributed by atoms with Gasteiger partial charge in [0.25, 0.3) is 15.9 Å². The van der Waals surface area contributed by atoms with Crippen LogP contribution in [0, 0.1) is 0 Å². The van der Waals surface area contributed by atoms with Crippen molar-refractivity contribution in [3.8, 4) is 0 Å². The van der Waals surface area contributed by atoms with E-state index in [1.807, 2.05) is 0 Å². The number of hydrogen-bond acceptors (Lipinski definition) is 7. The van der Waals surface area contributed by atoms with Gasteiger partial charge in [-0.2, -0.15) is 0 Å². The van der Waals surface area contributed by atoms with Crippen LogP contribution in [0.2, 0.25) is 0 Å². The summed E-state index contributed by atoms with van der Waals surface area (Å²) in [6.07, 6.45) is 3.06. The van der Waals surface area contributed by atoms with Gasteiger partial charge in [0.1, 0.15) is 0 Å². The second kappa shape index (κ2) is 7.80. The second-order valence-corrected chi connectivity index (χ2v) is 8.79. The van der Waals surface area contributed by atoms with Gasteiger partial charge >= 0.3 is 5.97 Å². The monoisotopic (exact) mass is 438 g/mol. The van der Waals surface area contributed by atoms with Crippen molar-refractivity contribution in [3.05, 3.63) is 78.1 Å². The van der Waals surface area contributed by atoms with Crippen molar-refractivity contribution in [3.63, 3.8) is 0 Å². The van der Waals surface area contributed by atoms with Crippen LogP contribution in [0.4, 0.5) is 11.6 Å². The maximum atomic E-state index is 12.8. The van der Waals surface area contributed by atoms with Gasteiger partial charge in [-0.3, -0.25) is 4.79 Å². The first-order valence-electron chi connectivity index (χ1n) is 9.29. The lowest BCUT2D eigenvalue weighted by Gasteiger charge is -2.33. The van der Waals surface area contributed by atoms with Crippen molar-refractivity contribution in [1.29, 1.82) is 0 Å². The number of sulfonamides is 1. The third-order valence-electron chi connectivity index (χ3n) is 4.78. The van der Waals surface area contributed by atoms with Crippen molar-refractivity contribution in [2.45, 2.75) is 23.8 Å². The Morgan fingerprint density at radius 1 is 1.03 bits per heavy atom. The summed E-state index contributed by atoms with van der Waals surface area (Å²) in [6.45, 7) is 1.54. The average Bonchev–Trinajstić information content (AvgIpc) is 2.74. The number of aromatic nitrogens is 2. The summed E-state index contributed by atoms with van der Waals surface area (Å²) < 4.78 is 32.6. The van der Waals surface area contributed by atoms with E-state index in [4.69, 9.17) is 4.74 Å². The predicted molar refractivity (Wildman–Crippen MR) is 112 cm³/mol. The van der Waals surface area contributed by atoms with E-state index in [1.165, 1.54) is 36.7 Å². The number of carbonyl (C=O) groups is 2. The number of rotatable bonds is 5. The number of carbonyl (C=O) groups excluding carboxylic acids is 2. The second-order valence-electron chi connectivity index (χ2n) is 7.11. The van der Waals surface area contributed by atoms with Crippen LogP contribution in [0.5, 0.6) is 0 Å². The van der Waals surface area contributed by atoms with Crippen LogP contribution in [0.15, 0.2) is 71.9 Å². The van der Waals surface area contributed by atoms with Crippen LogP contribution in [0.25, 0.3) is 0 Å². The van der Waals surface area contributed by atoms with Crippen LogP contribution in [-0.4, -0.2) is 35.9 Å². The van der Waals surface area contributed by atoms with Gasteiger partial charge in [0.15, 0.2) is 5.60 Å². The van der Waals surface area contributed by atoms with E-state index in [-0.39, 0.29) is 17.3 Å². The Kier molecular flexibility index (Phi) is 5.15. The molecule has 31 heavy (non-hydrogen) atoms. The van der Waals surface area contributed by atoms with Gasteiger partial charge < -0.3 is 10.1 Å². The minimum atomic E-state index is -3.89. The zero-order valence-corrected chi connectivity index (χ0v) is 17.2. The fourth-order valence-electron chi connectivity index (χ4n) is 3.17. The minimum absolute atomic E-state index is 0.0258. The normalized spacial score (nSPS) is 17.9. The summed E-state index contributed by atoms with van der Waals surface area (Å²) in [4.78, 5) is 32.7. The van der Waals surface area contributed by atoms with Gasteiger partial charge in [-0.15, -0.1) is 0 Å². The molecule has 2 N–H and O–H groups in total. The Labute approximate surface area is 178 Å². The summed E-state index contributed by atoms with van der Waals surface area (Å²) >= 11 is 0. The van der Waals surface area contributed by atoms with E-state index >= 15 is 0 Å². The van der Waals surface area contributed by atoms with Crippen LogP contribution < -0.4 is 10.0 Å². The number of cyclic esters (lactones) is 1. The van der Waals surface area contributed by atoms with Crippen molar-refractivity contribution < 1.29 is 22.7 Å². The zero-order valence-electron chi connectivity index (χ0n) is 16.4. The molecular weight excluding hydrogens is 420 g/mol. The molecule has 1 unspecified atom stereocenters. The molecule has 0 radical (unpaired) electrons. The standard InChI is InChI=1S/C21H18N4O5S/c1-21(13-14-5-2-3-6-17(14)18(26)30-21)19(27)24-15-7-9-16(10-8-15)31(28,29)25-20-22-11-4-12-23-20/h2-12H,13H2,1H3,(H,24,27)(H,22,23,25). The first-order valence-corrected chi connectivity index (χ1v) is 10.8. The first-order chi connectivity index (χ1) is 14.8. The summed E-state index contributed by atoms with van der Waals surface area (Å²) in [5.74, 6) is -1.12. The third-order valence-corrected chi connectivity index (χ3v) is 6.12. The molecule has 0 aliphatic carbocycles. The van der Waals surface area contributed by atoms with E-state index in [0.717, 1.165) is 5.56 Å². The number of amides is 1. The third kappa shape index (κ3) is 4.24. The van der Waals surface area contributed by atoms with Crippen LogP contribution in [-0.2, 0) is 26.0 Å². The fraction of sp³-hybridized carbons (Fsp3) is 0.143. The fourth-order valence-corrected chi connectivity index (χ4v) is 4.13. The molecule has 1 atom stereocenters. The number of ether oxygens (including phenoxy) is 1.